The fourth-order valence-corrected chi connectivity index (χ4v) is 2.80. The molecule has 1 aliphatic heterocycles. The zero-order valence-corrected chi connectivity index (χ0v) is 13.4. The van der Waals surface area contributed by atoms with Gasteiger partial charge in [0.1, 0.15) is 0 Å². The smallest absolute Gasteiger partial charge is 0.0399 e. The molecule has 0 amide bonds. The molecular weight excluding hydrogens is 246 g/mol. The highest BCUT2D eigenvalue weighted by molar-refractivity contribution is 5.56. The van der Waals surface area contributed by atoms with E-state index in [0.717, 1.165) is 19.6 Å². The number of benzene rings is 1. The van der Waals surface area contributed by atoms with Crippen molar-refractivity contribution in [3.8, 4) is 0 Å². The van der Waals surface area contributed by atoms with E-state index in [2.05, 4.69) is 61.0 Å². The van der Waals surface area contributed by atoms with Crippen molar-refractivity contribution in [2.24, 2.45) is 0 Å². The minimum Gasteiger partial charge on any atom is -0.369 e. The Kier molecular flexibility index (Phi) is 5.44. The van der Waals surface area contributed by atoms with Crippen molar-refractivity contribution in [1.82, 2.24) is 10.2 Å². The molecule has 0 bridgehead atoms. The van der Waals surface area contributed by atoms with Gasteiger partial charge in [-0.15, -0.1) is 0 Å². The van der Waals surface area contributed by atoms with Crippen molar-refractivity contribution >= 4 is 5.69 Å². The number of rotatable bonds is 5. The van der Waals surface area contributed by atoms with Crippen LogP contribution in [0.5, 0.6) is 0 Å². The number of nitrogens with one attached hydrogen (secondary N) is 1. The maximum absolute atomic E-state index is 3.50. The standard InChI is InChI=1S/C17H29N3/c1-14(2)18-8-9-19-10-12-20(13-11-19)17-7-5-6-15(3)16(17)4/h5-7,14,18H,8-13H2,1-4H3. The highest BCUT2D eigenvalue weighted by Gasteiger charge is 2.18. The maximum Gasteiger partial charge on any atom is 0.0399 e. The average Bonchev–Trinajstić information content (AvgIpc) is 2.42. The molecule has 0 radical (unpaired) electrons. The molecule has 1 saturated heterocycles. The Morgan fingerprint density at radius 1 is 1.10 bits per heavy atom. The zero-order chi connectivity index (χ0) is 14.5. The van der Waals surface area contributed by atoms with Crippen LogP contribution in [-0.2, 0) is 0 Å². The third-order valence-corrected chi connectivity index (χ3v) is 4.27. The number of aryl methyl sites for hydroxylation is 1. The normalized spacial score (nSPS) is 16.9. The first-order chi connectivity index (χ1) is 9.58. The van der Waals surface area contributed by atoms with Crippen molar-refractivity contribution in [3.05, 3.63) is 29.3 Å². The summed E-state index contributed by atoms with van der Waals surface area (Å²) in [5.41, 5.74) is 4.25. The molecule has 0 aliphatic carbocycles. The van der Waals surface area contributed by atoms with Gasteiger partial charge in [0, 0.05) is 51.0 Å². The molecular formula is C17H29N3. The summed E-state index contributed by atoms with van der Waals surface area (Å²) < 4.78 is 0. The van der Waals surface area contributed by atoms with Gasteiger partial charge in [-0.1, -0.05) is 26.0 Å². The zero-order valence-electron chi connectivity index (χ0n) is 13.4. The molecule has 0 aromatic heterocycles. The summed E-state index contributed by atoms with van der Waals surface area (Å²) in [5.74, 6) is 0. The summed E-state index contributed by atoms with van der Waals surface area (Å²) in [6.45, 7) is 15.8. The largest absolute Gasteiger partial charge is 0.369 e. The van der Waals surface area contributed by atoms with Crippen molar-refractivity contribution in [2.45, 2.75) is 33.7 Å². The van der Waals surface area contributed by atoms with E-state index in [1.807, 2.05) is 0 Å². The second kappa shape index (κ2) is 7.09. The van der Waals surface area contributed by atoms with Crippen LogP contribution in [0.2, 0.25) is 0 Å². The lowest BCUT2D eigenvalue weighted by Gasteiger charge is -2.37. The first kappa shape index (κ1) is 15.3. The molecule has 0 spiro atoms. The predicted octanol–water partition coefficient (Wildman–Crippen LogP) is 2.42. The Hall–Kier alpha value is -1.06. The van der Waals surface area contributed by atoms with Gasteiger partial charge in [-0.05, 0) is 31.0 Å². The van der Waals surface area contributed by atoms with E-state index in [1.54, 1.807) is 0 Å². The predicted molar refractivity (Wildman–Crippen MR) is 87.7 cm³/mol. The van der Waals surface area contributed by atoms with E-state index in [9.17, 15) is 0 Å². The lowest BCUT2D eigenvalue weighted by molar-refractivity contribution is 0.255. The van der Waals surface area contributed by atoms with Crippen molar-refractivity contribution in [2.75, 3.05) is 44.2 Å². The molecule has 3 nitrogen and oxygen atoms in total. The topological polar surface area (TPSA) is 18.5 Å². The molecule has 0 saturated carbocycles. The van der Waals surface area contributed by atoms with Gasteiger partial charge in [0.05, 0.1) is 0 Å². The van der Waals surface area contributed by atoms with Crippen LogP contribution < -0.4 is 10.2 Å². The highest BCUT2D eigenvalue weighted by Crippen LogP contribution is 2.23. The Bertz CT molecular complexity index is 420. The van der Waals surface area contributed by atoms with Gasteiger partial charge in [-0.25, -0.2) is 0 Å². The van der Waals surface area contributed by atoms with Crippen LogP contribution in [0.25, 0.3) is 0 Å². The lowest BCUT2D eigenvalue weighted by Crippen LogP contribution is -2.48. The summed E-state index contributed by atoms with van der Waals surface area (Å²) in [6.07, 6.45) is 0. The molecule has 1 aliphatic rings. The third-order valence-electron chi connectivity index (χ3n) is 4.27. The highest BCUT2D eigenvalue weighted by atomic mass is 15.3. The monoisotopic (exact) mass is 275 g/mol. The third kappa shape index (κ3) is 3.97. The molecule has 1 aromatic rings. The van der Waals surface area contributed by atoms with Gasteiger partial charge in [0.15, 0.2) is 0 Å². The lowest BCUT2D eigenvalue weighted by atomic mass is 10.1. The van der Waals surface area contributed by atoms with E-state index in [-0.39, 0.29) is 0 Å². The van der Waals surface area contributed by atoms with Gasteiger partial charge in [0.25, 0.3) is 0 Å². The first-order valence-corrected chi connectivity index (χ1v) is 7.85. The van der Waals surface area contributed by atoms with Gasteiger partial charge in [-0.2, -0.15) is 0 Å². The molecule has 2 rings (SSSR count). The minimum absolute atomic E-state index is 0.589. The molecule has 1 fully saturated rings. The first-order valence-electron chi connectivity index (χ1n) is 7.85. The van der Waals surface area contributed by atoms with Crippen LogP contribution >= 0.6 is 0 Å². The number of hydrogen-bond donors (Lipinski definition) is 1. The van der Waals surface area contributed by atoms with Crippen molar-refractivity contribution in [3.63, 3.8) is 0 Å². The van der Waals surface area contributed by atoms with Crippen LogP contribution in [0.15, 0.2) is 18.2 Å². The molecule has 1 N–H and O–H groups in total. The van der Waals surface area contributed by atoms with Gasteiger partial charge >= 0.3 is 0 Å². The summed E-state index contributed by atoms with van der Waals surface area (Å²) in [6, 6.07) is 7.23. The van der Waals surface area contributed by atoms with Crippen LogP contribution in [-0.4, -0.2) is 50.2 Å². The van der Waals surface area contributed by atoms with Crippen LogP contribution in [0.3, 0.4) is 0 Å². The minimum atomic E-state index is 0.589. The van der Waals surface area contributed by atoms with Gasteiger partial charge in [-0.3, -0.25) is 4.90 Å². The van der Waals surface area contributed by atoms with E-state index >= 15 is 0 Å². The SMILES string of the molecule is Cc1cccc(N2CCN(CCNC(C)C)CC2)c1C. The fraction of sp³-hybridized carbons (Fsp3) is 0.647. The number of piperazine rings is 1. The summed E-state index contributed by atoms with van der Waals surface area (Å²) in [7, 11) is 0. The number of nitrogens with zero attached hydrogens (tertiary/aromatic N) is 2. The number of hydrogen-bond acceptors (Lipinski definition) is 3. The Morgan fingerprint density at radius 3 is 2.45 bits per heavy atom. The summed E-state index contributed by atoms with van der Waals surface area (Å²) in [5, 5.41) is 3.50. The van der Waals surface area contributed by atoms with E-state index in [1.165, 1.54) is 36.4 Å². The Labute approximate surface area is 124 Å². The molecule has 0 atom stereocenters. The Balaban J connectivity index is 1.83. The van der Waals surface area contributed by atoms with E-state index in [0.29, 0.717) is 6.04 Å². The van der Waals surface area contributed by atoms with Crippen molar-refractivity contribution in [1.29, 1.82) is 0 Å². The van der Waals surface area contributed by atoms with E-state index in [4.69, 9.17) is 0 Å². The molecule has 112 valence electrons. The molecule has 1 aromatic carbocycles. The molecule has 0 unspecified atom stereocenters. The van der Waals surface area contributed by atoms with Crippen LogP contribution in [0.1, 0.15) is 25.0 Å². The summed E-state index contributed by atoms with van der Waals surface area (Å²) >= 11 is 0. The second-order valence-corrected chi connectivity index (χ2v) is 6.16. The quantitative estimate of drug-likeness (QED) is 0.890. The molecule has 1 heterocycles. The van der Waals surface area contributed by atoms with Crippen LogP contribution in [0, 0.1) is 13.8 Å². The summed E-state index contributed by atoms with van der Waals surface area (Å²) in [4.78, 5) is 5.10. The number of anilines is 1. The average molecular weight is 275 g/mol. The Morgan fingerprint density at radius 2 is 1.80 bits per heavy atom. The molecule has 3 heteroatoms. The maximum atomic E-state index is 3.50. The fourth-order valence-electron chi connectivity index (χ4n) is 2.80. The van der Waals surface area contributed by atoms with Gasteiger partial charge < -0.3 is 10.2 Å². The van der Waals surface area contributed by atoms with Gasteiger partial charge in [0.2, 0.25) is 0 Å². The second-order valence-electron chi connectivity index (χ2n) is 6.16. The van der Waals surface area contributed by atoms with Crippen LogP contribution in [0.4, 0.5) is 5.69 Å². The molecule has 20 heavy (non-hydrogen) atoms. The van der Waals surface area contributed by atoms with Crippen molar-refractivity contribution < 1.29 is 0 Å². The van der Waals surface area contributed by atoms with E-state index < -0.39 is 0 Å².